The van der Waals surface area contributed by atoms with Gasteiger partial charge in [0.25, 0.3) is 5.91 Å². The van der Waals surface area contributed by atoms with Crippen molar-refractivity contribution in [3.63, 3.8) is 0 Å². The molecule has 1 aliphatic rings. The van der Waals surface area contributed by atoms with Crippen molar-refractivity contribution in [2.24, 2.45) is 0 Å². The molecule has 1 aliphatic heterocycles. The maximum Gasteiger partial charge on any atom is 0.270 e. The van der Waals surface area contributed by atoms with E-state index in [-0.39, 0.29) is 11.4 Å². The zero-order chi connectivity index (χ0) is 15.4. The van der Waals surface area contributed by atoms with Gasteiger partial charge in [-0.05, 0) is 37.1 Å². The van der Waals surface area contributed by atoms with Gasteiger partial charge < -0.3 is 10.1 Å². The van der Waals surface area contributed by atoms with Crippen LogP contribution in [0.25, 0.3) is 0 Å². The highest BCUT2D eigenvalue weighted by Crippen LogP contribution is 2.16. The van der Waals surface area contributed by atoms with Crippen LogP contribution in [-0.4, -0.2) is 34.6 Å². The molecule has 1 N–H and O–H groups in total. The molecule has 1 fully saturated rings. The SMILES string of the molecule is CC1(NC(=O)c2ccc(C#Cc3ccccn3)cn2)COC1. The molecule has 3 heterocycles. The summed E-state index contributed by atoms with van der Waals surface area (Å²) in [4.78, 5) is 20.4. The van der Waals surface area contributed by atoms with E-state index < -0.39 is 0 Å². The monoisotopic (exact) mass is 293 g/mol. The van der Waals surface area contributed by atoms with Gasteiger partial charge in [-0.15, -0.1) is 0 Å². The number of rotatable bonds is 2. The molecule has 3 rings (SSSR count). The molecule has 0 radical (unpaired) electrons. The van der Waals surface area contributed by atoms with Crippen LogP contribution in [0.2, 0.25) is 0 Å². The third-order valence-electron chi connectivity index (χ3n) is 3.25. The fourth-order valence-electron chi connectivity index (χ4n) is 1.99. The fraction of sp³-hybridized carbons (Fsp3) is 0.235. The number of nitrogens with one attached hydrogen (secondary N) is 1. The molecule has 2 aromatic rings. The first-order valence-electron chi connectivity index (χ1n) is 6.94. The van der Waals surface area contributed by atoms with Crippen LogP contribution in [0.4, 0.5) is 0 Å². The van der Waals surface area contributed by atoms with Crippen LogP contribution in [-0.2, 0) is 4.74 Å². The molecular formula is C17H15N3O2. The molecule has 1 amide bonds. The van der Waals surface area contributed by atoms with Crippen molar-refractivity contribution in [3.05, 3.63) is 59.7 Å². The molecule has 0 bridgehead atoms. The molecule has 0 unspecified atom stereocenters. The van der Waals surface area contributed by atoms with Crippen molar-refractivity contribution >= 4 is 5.91 Å². The van der Waals surface area contributed by atoms with Gasteiger partial charge in [-0.1, -0.05) is 12.0 Å². The minimum Gasteiger partial charge on any atom is -0.376 e. The van der Waals surface area contributed by atoms with E-state index in [1.807, 2.05) is 25.1 Å². The molecule has 0 saturated carbocycles. The second-order valence-corrected chi connectivity index (χ2v) is 5.40. The van der Waals surface area contributed by atoms with Crippen molar-refractivity contribution in [3.8, 4) is 11.8 Å². The number of aromatic nitrogens is 2. The summed E-state index contributed by atoms with van der Waals surface area (Å²) in [6.07, 6.45) is 3.28. The largest absolute Gasteiger partial charge is 0.376 e. The molecule has 0 aromatic carbocycles. The number of amides is 1. The van der Waals surface area contributed by atoms with Gasteiger partial charge in [0.05, 0.1) is 18.8 Å². The highest BCUT2D eigenvalue weighted by molar-refractivity contribution is 5.92. The van der Waals surface area contributed by atoms with E-state index in [1.54, 1.807) is 24.5 Å². The molecule has 5 heteroatoms. The molecule has 22 heavy (non-hydrogen) atoms. The number of hydrogen-bond acceptors (Lipinski definition) is 4. The van der Waals surface area contributed by atoms with Crippen molar-refractivity contribution < 1.29 is 9.53 Å². The minimum atomic E-state index is -0.282. The van der Waals surface area contributed by atoms with Crippen molar-refractivity contribution in [2.45, 2.75) is 12.5 Å². The second-order valence-electron chi connectivity index (χ2n) is 5.40. The van der Waals surface area contributed by atoms with Crippen LogP contribution < -0.4 is 5.32 Å². The molecule has 1 saturated heterocycles. The summed E-state index contributed by atoms with van der Waals surface area (Å²) in [5, 5.41) is 2.91. The van der Waals surface area contributed by atoms with Crippen LogP contribution >= 0.6 is 0 Å². The molecule has 0 atom stereocenters. The number of carbonyl (C=O) groups is 1. The number of carbonyl (C=O) groups excluding carboxylic acids is 1. The van der Waals surface area contributed by atoms with Gasteiger partial charge in [-0.3, -0.25) is 4.79 Å². The predicted octanol–water partition coefficient (Wildman–Crippen LogP) is 1.40. The normalized spacial score (nSPS) is 15.1. The lowest BCUT2D eigenvalue weighted by Crippen LogP contribution is -2.60. The first-order chi connectivity index (χ1) is 10.6. The highest BCUT2D eigenvalue weighted by atomic mass is 16.5. The van der Waals surface area contributed by atoms with Crippen molar-refractivity contribution in [2.75, 3.05) is 13.2 Å². The Morgan fingerprint density at radius 3 is 2.68 bits per heavy atom. The summed E-state index contributed by atoms with van der Waals surface area (Å²) < 4.78 is 5.11. The lowest BCUT2D eigenvalue weighted by Gasteiger charge is -2.38. The maximum atomic E-state index is 12.1. The first kappa shape index (κ1) is 14.2. The third kappa shape index (κ3) is 3.30. The Kier molecular flexibility index (Phi) is 3.86. The Morgan fingerprint density at radius 2 is 2.09 bits per heavy atom. The van der Waals surface area contributed by atoms with E-state index >= 15 is 0 Å². The van der Waals surface area contributed by atoms with Gasteiger partial charge in [0.15, 0.2) is 0 Å². The molecule has 110 valence electrons. The van der Waals surface area contributed by atoms with Crippen LogP contribution in [0.1, 0.15) is 28.7 Å². The summed E-state index contributed by atoms with van der Waals surface area (Å²) in [5.41, 5.74) is 1.52. The van der Waals surface area contributed by atoms with Crippen LogP contribution in [0.5, 0.6) is 0 Å². The van der Waals surface area contributed by atoms with E-state index in [2.05, 4.69) is 27.1 Å². The Morgan fingerprint density at radius 1 is 1.23 bits per heavy atom. The van der Waals surface area contributed by atoms with Crippen molar-refractivity contribution in [1.82, 2.24) is 15.3 Å². The maximum absolute atomic E-state index is 12.1. The molecule has 0 aliphatic carbocycles. The Labute approximate surface area is 128 Å². The first-order valence-corrected chi connectivity index (χ1v) is 6.94. The highest BCUT2D eigenvalue weighted by Gasteiger charge is 2.35. The molecular weight excluding hydrogens is 278 g/mol. The van der Waals surface area contributed by atoms with Crippen LogP contribution in [0, 0.1) is 11.8 Å². The van der Waals surface area contributed by atoms with Crippen LogP contribution in [0.3, 0.4) is 0 Å². The average molecular weight is 293 g/mol. The smallest absolute Gasteiger partial charge is 0.270 e. The quantitative estimate of drug-likeness (QED) is 0.850. The van der Waals surface area contributed by atoms with Gasteiger partial charge in [0.2, 0.25) is 0 Å². The summed E-state index contributed by atoms with van der Waals surface area (Å²) in [7, 11) is 0. The third-order valence-corrected chi connectivity index (χ3v) is 3.25. The fourth-order valence-corrected chi connectivity index (χ4v) is 1.99. The predicted molar refractivity (Wildman–Crippen MR) is 81.1 cm³/mol. The Bertz CT molecular complexity index is 726. The van der Waals surface area contributed by atoms with Crippen molar-refractivity contribution in [1.29, 1.82) is 0 Å². The number of nitrogens with zero attached hydrogens (tertiary/aromatic N) is 2. The lowest BCUT2D eigenvalue weighted by molar-refractivity contribution is -0.0594. The van der Waals surface area contributed by atoms with E-state index in [0.717, 1.165) is 5.56 Å². The van der Waals surface area contributed by atoms with E-state index in [1.165, 1.54) is 0 Å². The van der Waals surface area contributed by atoms with Gasteiger partial charge in [0, 0.05) is 18.0 Å². The minimum absolute atomic E-state index is 0.199. The lowest BCUT2D eigenvalue weighted by atomic mass is 10.0. The summed E-state index contributed by atoms with van der Waals surface area (Å²) in [5.74, 6) is 5.72. The number of pyridine rings is 2. The second kappa shape index (κ2) is 5.96. The standard InChI is InChI=1S/C17H15N3O2/c1-17(11-22-12-17)20-16(21)15-8-6-13(10-19-15)5-7-14-4-2-3-9-18-14/h2-4,6,8-10H,11-12H2,1H3,(H,20,21). The summed E-state index contributed by atoms with van der Waals surface area (Å²) in [6.45, 7) is 3.01. The average Bonchev–Trinajstić information content (AvgIpc) is 2.53. The summed E-state index contributed by atoms with van der Waals surface area (Å²) in [6, 6.07) is 9.00. The molecule has 0 spiro atoms. The van der Waals surface area contributed by atoms with E-state index in [9.17, 15) is 4.79 Å². The van der Waals surface area contributed by atoms with Gasteiger partial charge >= 0.3 is 0 Å². The Balaban J connectivity index is 1.68. The zero-order valence-electron chi connectivity index (χ0n) is 12.2. The molecule has 2 aromatic heterocycles. The van der Waals surface area contributed by atoms with E-state index in [4.69, 9.17) is 4.74 Å². The number of hydrogen-bond donors (Lipinski definition) is 1. The van der Waals surface area contributed by atoms with Crippen LogP contribution in [0.15, 0.2) is 42.7 Å². The molecule has 5 nitrogen and oxygen atoms in total. The number of ether oxygens (including phenoxy) is 1. The zero-order valence-corrected chi connectivity index (χ0v) is 12.2. The van der Waals surface area contributed by atoms with Gasteiger partial charge in [-0.2, -0.15) is 0 Å². The Hall–Kier alpha value is -2.71. The topological polar surface area (TPSA) is 64.1 Å². The van der Waals surface area contributed by atoms with Gasteiger partial charge in [0.1, 0.15) is 11.4 Å². The van der Waals surface area contributed by atoms with E-state index in [0.29, 0.717) is 24.6 Å². The summed E-state index contributed by atoms with van der Waals surface area (Å²) >= 11 is 0. The van der Waals surface area contributed by atoms with Gasteiger partial charge in [-0.25, -0.2) is 9.97 Å².